The molecule has 11 heteroatoms. The number of sulfonamides is 1. The van der Waals surface area contributed by atoms with Gasteiger partial charge in [0.25, 0.3) is 15.9 Å². The van der Waals surface area contributed by atoms with Crippen LogP contribution in [0.15, 0.2) is 53.7 Å². The minimum atomic E-state index is -4.25. The Bertz CT molecular complexity index is 1380. The van der Waals surface area contributed by atoms with Crippen molar-refractivity contribution in [3.8, 4) is 17.1 Å². The molecule has 1 fully saturated rings. The summed E-state index contributed by atoms with van der Waals surface area (Å²) < 4.78 is 33.3. The van der Waals surface area contributed by atoms with Gasteiger partial charge in [-0.25, -0.2) is 28.1 Å². The Labute approximate surface area is 204 Å². The molecule has 1 aliphatic rings. The second-order valence-corrected chi connectivity index (χ2v) is 10.8. The molecule has 35 heavy (non-hydrogen) atoms. The molecule has 3 aromatic heterocycles. The summed E-state index contributed by atoms with van der Waals surface area (Å²) in [6.45, 7) is 6.94. The van der Waals surface area contributed by atoms with E-state index in [1.807, 2.05) is 11.0 Å². The highest BCUT2D eigenvalue weighted by atomic mass is 32.2. The number of carbonyl (C=O) groups is 1. The third kappa shape index (κ3) is 4.76. The van der Waals surface area contributed by atoms with Gasteiger partial charge in [-0.05, 0) is 62.6 Å². The lowest BCUT2D eigenvalue weighted by atomic mass is 9.97. The smallest absolute Gasteiger partial charge is 0.268 e. The minimum absolute atomic E-state index is 0.129. The van der Waals surface area contributed by atoms with Gasteiger partial charge >= 0.3 is 0 Å². The van der Waals surface area contributed by atoms with E-state index in [4.69, 9.17) is 15.5 Å². The van der Waals surface area contributed by atoms with Gasteiger partial charge in [0.05, 0.1) is 23.9 Å². The largest absolute Gasteiger partial charge is 0.481 e. The van der Waals surface area contributed by atoms with E-state index in [1.165, 1.54) is 25.4 Å². The molecule has 1 saturated heterocycles. The molecule has 1 amide bonds. The van der Waals surface area contributed by atoms with Crippen molar-refractivity contribution in [2.75, 3.05) is 24.3 Å². The summed E-state index contributed by atoms with van der Waals surface area (Å²) in [5.41, 5.74) is 6.77. The molecule has 1 atom stereocenters. The summed E-state index contributed by atoms with van der Waals surface area (Å²) in [5, 5.41) is 0. The van der Waals surface area contributed by atoms with E-state index in [-0.39, 0.29) is 21.8 Å². The van der Waals surface area contributed by atoms with Gasteiger partial charge in [-0.2, -0.15) is 0 Å². The average molecular weight is 497 g/mol. The van der Waals surface area contributed by atoms with Crippen LogP contribution in [0.2, 0.25) is 0 Å². The Morgan fingerprint density at radius 1 is 1.17 bits per heavy atom. The molecule has 0 spiro atoms. The molecule has 3 N–H and O–H groups in total. The lowest BCUT2D eigenvalue weighted by molar-refractivity contribution is 0.0981. The fourth-order valence-electron chi connectivity index (χ4n) is 4.55. The van der Waals surface area contributed by atoms with Crippen LogP contribution in [0.25, 0.3) is 11.3 Å². The molecule has 0 bridgehead atoms. The number of nitrogens with one attached hydrogen (secondary N) is 1. The van der Waals surface area contributed by atoms with Crippen molar-refractivity contribution in [1.82, 2.24) is 19.7 Å². The number of ether oxygens (including phenoxy) is 1. The number of hydrogen-bond acceptors (Lipinski definition) is 9. The summed E-state index contributed by atoms with van der Waals surface area (Å²) in [4.78, 5) is 28.0. The number of methoxy groups -OCH3 is 1. The number of nitrogens with two attached hydrogens (primary N) is 1. The number of rotatable bonds is 6. The monoisotopic (exact) mass is 496 g/mol. The second-order valence-electron chi connectivity index (χ2n) is 9.18. The van der Waals surface area contributed by atoms with Crippen LogP contribution in [0.5, 0.6) is 5.88 Å². The summed E-state index contributed by atoms with van der Waals surface area (Å²) in [5.74, 6) is 0.134. The zero-order chi connectivity index (χ0) is 25.4. The SMILES string of the molecule is COc1ncccc1-c1ccc(C(=O)NS(=O)(=O)c2cccnc2N)c(N2C[C@@H](C)CC2(C)C)n1. The number of carbonyl (C=O) groups excluding carboxylic acids is 1. The molecule has 0 radical (unpaired) electrons. The zero-order valence-corrected chi connectivity index (χ0v) is 20.8. The van der Waals surface area contributed by atoms with Gasteiger partial charge in [0.1, 0.15) is 16.5 Å². The molecule has 0 aliphatic carbocycles. The first kappa shape index (κ1) is 24.4. The van der Waals surface area contributed by atoms with Crippen molar-refractivity contribution >= 4 is 27.6 Å². The van der Waals surface area contributed by atoms with Crippen molar-refractivity contribution in [2.24, 2.45) is 5.92 Å². The van der Waals surface area contributed by atoms with Crippen molar-refractivity contribution in [1.29, 1.82) is 0 Å². The predicted molar refractivity (Wildman–Crippen MR) is 133 cm³/mol. The van der Waals surface area contributed by atoms with Gasteiger partial charge in [0.2, 0.25) is 5.88 Å². The number of amides is 1. The van der Waals surface area contributed by atoms with E-state index >= 15 is 0 Å². The van der Waals surface area contributed by atoms with Crippen LogP contribution in [-0.2, 0) is 10.0 Å². The molecule has 3 aromatic rings. The first-order valence-electron chi connectivity index (χ1n) is 11.1. The Morgan fingerprint density at radius 2 is 1.89 bits per heavy atom. The highest BCUT2D eigenvalue weighted by Crippen LogP contribution is 2.39. The fourth-order valence-corrected chi connectivity index (χ4v) is 5.60. The summed E-state index contributed by atoms with van der Waals surface area (Å²) in [6.07, 6.45) is 3.88. The van der Waals surface area contributed by atoms with Crippen LogP contribution < -0.4 is 20.1 Å². The minimum Gasteiger partial charge on any atom is -0.481 e. The topological polar surface area (TPSA) is 140 Å². The first-order chi connectivity index (χ1) is 16.5. The van der Waals surface area contributed by atoms with Gasteiger partial charge in [-0.15, -0.1) is 0 Å². The van der Waals surface area contributed by atoms with E-state index in [0.29, 0.717) is 35.4 Å². The molecule has 4 heterocycles. The third-order valence-corrected chi connectivity index (χ3v) is 7.38. The number of hydrogen-bond donors (Lipinski definition) is 2. The molecule has 4 rings (SSSR count). The van der Waals surface area contributed by atoms with Crippen molar-refractivity contribution in [3.05, 3.63) is 54.4 Å². The Kier molecular flexibility index (Phi) is 6.37. The van der Waals surface area contributed by atoms with E-state index in [2.05, 4.69) is 35.5 Å². The van der Waals surface area contributed by atoms with E-state index in [9.17, 15) is 13.2 Å². The maximum absolute atomic E-state index is 13.3. The summed E-state index contributed by atoms with van der Waals surface area (Å²) in [7, 11) is -2.73. The average Bonchev–Trinajstić information content (AvgIpc) is 3.10. The normalized spacial score (nSPS) is 17.3. The number of anilines is 2. The first-order valence-corrected chi connectivity index (χ1v) is 12.6. The number of pyridine rings is 3. The second kappa shape index (κ2) is 9.14. The summed E-state index contributed by atoms with van der Waals surface area (Å²) >= 11 is 0. The van der Waals surface area contributed by atoms with Crippen LogP contribution in [0.4, 0.5) is 11.6 Å². The molecule has 1 aliphatic heterocycles. The number of aromatic nitrogens is 3. The lowest BCUT2D eigenvalue weighted by Gasteiger charge is -2.34. The van der Waals surface area contributed by atoms with Gasteiger partial charge in [0.15, 0.2) is 0 Å². The Balaban J connectivity index is 1.80. The van der Waals surface area contributed by atoms with Crippen LogP contribution in [0.3, 0.4) is 0 Å². The van der Waals surface area contributed by atoms with Gasteiger partial charge < -0.3 is 15.4 Å². The molecular weight excluding hydrogens is 468 g/mol. The molecule has 0 saturated carbocycles. The zero-order valence-electron chi connectivity index (χ0n) is 20.0. The maximum Gasteiger partial charge on any atom is 0.268 e. The van der Waals surface area contributed by atoms with Gasteiger partial charge in [-0.3, -0.25) is 4.79 Å². The van der Waals surface area contributed by atoms with Crippen LogP contribution in [-0.4, -0.2) is 48.5 Å². The van der Waals surface area contributed by atoms with Crippen LogP contribution >= 0.6 is 0 Å². The standard InChI is InChI=1S/C24H28N6O4S/c1-15-13-24(2,3)30(14-15)21-17(9-10-18(28-21)16-7-5-12-27-23(16)34-4)22(31)29-35(32,33)19-8-6-11-26-20(19)25/h5-12,15H,13-14H2,1-4H3,(H2,25,26)(H,29,31)/t15-/m0/s1. The summed E-state index contributed by atoms with van der Waals surface area (Å²) in [6, 6.07) is 9.54. The Morgan fingerprint density at radius 3 is 2.54 bits per heavy atom. The van der Waals surface area contributed by atoms with E-state index in [0.717, 1.165) is 6.42 Å². The van der Waals surface area contributed by atoms with Crippen molar-refractivity contribution in [2.45, 2.75) is 37.6 Å². The third-order valence-electron chi connectivity index (χ3n) is 6.01. The quantitative estimate of drug-likeness (QED) is 0.527. The predicted octanol–water partition coefficient (Wildman–Crippen LogP) is 2.87. The van der Waals surface area contributed by atoms with Crippen molar-refractivity contribution in [3.63, 3.8) is 0 Å². The highest BCUT2D eigenvalue weighted by molar-refractivity contribution is 7.90. The molecule has 0 aromatic carbocycles. The number of nitrogens with zero attached hydrogens (tertiary/aromatic N) is 4. The van der Waals surface area contributed by atoms with Crippen LogP contribution in [0.1, 0.15) is 37.6 Å². The fraction of sp³-hybridized carbons (Fsp3) is 0.333. The molecule has 184 valence electrons. The molecule has 10 nitrogen and oxygen atoms in total. The van der Waals surface area contributed by atoms with Gasteiger partial charge in [0, 0.05) is 24.5 Å². The lowest BCUT2D eigenvalue weighted by Crippen LogP contribution is -2.41. The highest BCUT2D eigenvalue weighted by Gasteiger charge is 2.39. The van der Waals surface area contributed by atoms with Gasteiger partial charge in [-0.1, -0.05) is 6.92 Å². The molecular formula is C24H28N6O4S. The molecule has 0 unspecified atom stereocenters. The van der Waals surface area contributed by atoms with E-state index in [1.54, 1.807) is 24.4 Å². The Hall–Kier alpha value is -3.73. The number of nitrogen functional groups attached to an aromatic ring is 1. The van der Waals surface area contributed by atoms with Crippen LogP contribution in [0, 0.1) is 5.92 Å². The maximum atomic E-state index is 13.3. The van der Waals surface area contributed by atoms with E-state index < -0.39 is 15.9 Å². The van der Waals surface area contributed by atoms with Crippen molar-refractivity contribution < 1.29 is 17.9 Å².